The smallest absolute Gasteiger partial charge is 0.323 e. The van der Waals surface area contributed by atoms with Crippen LogP contribution in [-0.4, -0.2) is 61.0 Å². The number of aryl methyl sites for hydroxylation is 2. The van der Waals surface area contributed by atoms with E-state index >= 15 is 0 Å². The summed E-state index contributed by atoms with van der Waals surface area (Å²) in [6.45, 7) is 4.17. The van der Waals surface area contributed by atoms with Gasteiger partial charge in [-0.05, 0) is 31.0 Å². The Kier molecular flexibility index (Phi) is 3.50. The first kappa shape index (κ1) is 16.5. The Balaban J connectivity index is 1.80. The topological polar surface area (TPSA) is 60.4 Å². The quantitative estimate of drug-likeness (QED) is 0.776. The van der Waals surface area contributed by atoms with Crippen LogP contribution in [0.5, 0.6) is 5.75 Å². The number of nitrogens with one attached hydrogen (secondary N) is 1. The Labute approximate surface area is 153 Å². The minimum atomic E-state index is -0.226. The van der Waals surface area contributed by atoms with Gasteiger partial charge in [0, 0.05) is 45.5 Å². The highest BCUT2D eigenvalue weighted by atomic mass is 16.5. The van der Waals surface area contributed by atoms with Crippen molar-refractivity contribution in [3.63, 3.8) is 0 Å². The third-order valence-electron chi connectivity index (χ3n) is 4.91. The number of benzene rings is 1. The molecule has 3 aliphatic rings. The average Bonchev–Trinajstić information content (AvgIpc) is 2.87. The monoisotopic (exact) mass is 353 g/mol. The minimum Gasteiger partial charge on any atom is -0.440 e. The highest BCUT2D eigenvalue weighted by molar-refractivity contribution is 5.99. The van der Waals surface area contributed by atoms with Gasteiger partial charge >= 0.3 is 6.03 Å². The van der Waals surface area contributed by atoms with E-state index in [-0.39, 0.29) is 12.2 Å². The molecule has 3 aliphatic heterocycles. The van der Waals surface area contributed by atoms with Crippen LogP contribution in [0.25, 0.3) is 5.57 Å². The van der Waals surface area contributed by atoms with Crippen LogP contribution in [-0.2, 0) is 0 Å². The molecule has 0 radical (unpaired) electrons. The van der Waals surface area contributed by atoms with Crippen molar-refractivity contribution in [3.8, 4) is 5.75 Å². The summed E-state index contributed by atoms with van der Waals surface area (Å²) in [5.74, 6) is 2.03. The van der Waals surface area contributed by atoms with E-state index in [0.717, 1.165) is 28.0 Å². The van der Waals surface area contributed by atoms with Crippen molar-refractivity contribution in [2.24, 2.45) is 4.99 Å². The molecule has 136 valence electrons. The standard InChI is InChI=1S/C19H23N5O2/c1-10-7-11(2)14-12-9-23(5)16-15(12)17(26-13(14)8-10)24(6)18(20-16)21-19(25)22(3)4/h7-9,16H,1-6H3,(H,20,21,25). The molecule has 0 spiro atoms. The van der Waals surface area contributed by atoms with Crippen molar-refractivity contribution in [1.82, 2.24) is 20.0 Å². The van der Waals surface area contributed by atoms with Gasteiger partial charge in [-0.3, -0.25) is 10.2 Å². The van der Waals surface area contributed by atoms with E-state index in [4.69, 9.17) is 9.73 Å². The summed E-state index contributed by atoms with van der Waals surface area (Å²) in [6, 6.07) is 4.00. The molecular formula is C19H23N5O2. The number of guanidine groups is 1. The predicted molar refractivity (Wildman–Crippen MR) is 101 cm³/mol. The van der Waals surface area contributed by atoms with E-state index in [1.165, 1.54) is 10.5 Å². The number of likely N-dealkylation sites (N-methyl/N-ethyl adjacent to an activating group) is 1. The summed E-state index contributed by atoms with van der Waals surface area (Å²) in [4.78, 5) is 22.2. The largest absolute Gasteiger partial charge is 0.440 e. The molecule has 1 aromatic carbocycles. The number of fused-ring (bicyclic) bond motifs is 2. The maximum absolute atomic E-state index is 12.1. The van der Waals surface area contributed by atoms with Gasteiger partial charge in [-0.2, -0.15) is 0 Å². The summed E-state index contributed by atoms with van der Waals surface area (Å²) in [7, 11) is 7.24. The Hall–Kier alpha value is -2.96. The SMILES string of the molecule is Cc1cc(C)c2c(c1)OC1=C3C2=CN(C)C3N=C(NC(=O)N(C)C)N1C. The Morgan fingerprint density at radius 2 is 2.00 bits per heavy atom. The van der Waals surface area contributed by atoms with Crippen LogP contribution in [0.1, 0.15) is 16.7 Å². The van der Waals surface area contributed by atoms with Crippen molar-refractivity contribution >= 4 is 17.6 Å². The molecule has 3 heterocycles. The number of carbonyl (C=O) groups excluding carboxylic acids is 1. The molecular weight excluding hydrogens is 330 g/mol. The zero-order valence-electron chi connectivity index (χ0n) is 15.9. The van der Waals surface area contributed by atoms with Crippen molar-refractivity contribution in [1.29, 1.82) is 0 Å². The van der Waals surface area contributed by atoms with Gasteiger partial charge in [0.25, 0.3) is 0 Å². The van der Waals surface area contributed by atoms with Gasteiger partial charge in [0.2, 0.25) is 11.8 Å². The summed E-state index contributed by atoms with van der Waals surface area (Å²) in [5.41, 5.74) is 5.64. The third kappa shape index (κ3) is 2.27. The molecule has 0 bridgehead atoms. The lowest BCUT2D eigenvalue weighted by Gasteiger charge is -2.36. The van der Waals surface area contributed by atoms with Gasteiger partial charge in [-0.25, -0.2) is 9.79 Å². The van der Waals surface area contributed by atoms with Crippen molar-refractivity contribution in [3.05, 3.63) is 46.5 Å². The number of ether oxygens (including phenoxy) is 1. The van der Waals surface area contributed by atoms with Crippen LogP contribution in [0, 0.1) is 13.8 Å². The predicted octanol–water partition coefficient (Wildman–Crippen LogP) is 2.09. The molecule has 2 amide bonds. The fourth-order valence-electron chi connectivity index (χ4n) is 3.65. The first-order valence-corrected chi connectivity index (χ1v) is 8.55. The second-order valence-electron chi connectivity index (χ2n) is 7.19. The number of amides is 2. The molecule has 1 unspecified atom stereocenters. The summed E-state index contributed by atoms with van der Waals surface area (Å²) < 4.78 is 6.30. The van der Waals surface area contributed by atoms with Crippen LogP contribution in [0.2, 0.25) is 0 Å². The first-order valence-electron chi connectivity index (χ1n) is 8.55. The summed E-state index contributed by atoms with van der Waals surface area (Å²) in [6.07, 6.45) is 1.90. The van der Waals surface area contributed by atoms with Gasteiger partial charge in [-0.15, -0.1) is 0 Å². The molecule has 1 N–H and O–H groups in total. The molecule has 1 atom stereocenters. The molecule has 1 aromatic rings. The van der Waals surface area contributed by atoms with E-state index in [9.17, 15) is 4.79 Å². The maximum Gasteiger partial charge on any atom is 0.323 e. The Morgan fingerprint density at radius 1 is 1.27 bits per heavy atom. The van der Waals surface area contributed by atoms with Crippen LogP contribution < -0.4 is 10.1 Å². The summed E-state index contributed by atoms with van der Waals surface area (Å²) >= 11 is 0. The number of carbonyl (C=O) groups is 1. The van der Waals surface area contributed by atoms with E-state index in [1.54, 1.807) is 19.0 Å². The van der Waals surface area contributed by atoms with Crippen LogP contribution in [0.15, 0.2) is 34.8 Å². The lowest BCUT2D eigenvalue weighted by Crippen LogP contribution is -2.50. The molecule has 4 rings (SSSR count). The molecule has 7 nitrogen and oxygen atoms in total. The first-order chi connectivity index (χ1) is 12.3. The number of rotatable bonds is 0. The normalized spacial score (nSPS) is 20.2. The fraction of sp³-hybridized carbons (Fsp3) is 0.368. The van der Waals surface area contributed by atoms with Gasteiger partial charge in [-0.1, -0.05) is 6.07 Å². The lowest BCUT2D eigenvalue weighted by molar-refractivity contribution is 0.219. The number of hydrogen-bond donors (Lipinski definition) is 1. The Bertz CT molecular complexity index is 913. The molecule has 0 saturated carbocycles. The van der Waals surface area contributed by atoms with E-state index < -0.39 is 0 Å². The van der Waals surface area contributed by atoms with Gasteiger partial charge < -0.3 is 14.5 Å². The van der Waals surface area contributed by atoms with Crippen molar-refractivity contribution in [2.75, 3.05) is 28.2 Å². The third-order valence-corrected chi connectivity index (χ3v) is 4.91. The average molecular weight is 353 g/mol. The highest BCUT2D eigenvalue weighted by Gasteiger charge is 2.42. The zero-order chi connectivity index (χ0) is 18.7. The highest BCUT2D eigenvalue weighted by Crippen LogP contribution is 2.48. The number of hydrogen-bond acceptors (Lipinski definition) is 5. The van der Waals surface area contributed by atoms with E-state index in [1.807, 2.05) is 14.1 Å². The molecule has 0 fully saturated rings. The second kappa shape index (κ2) is 5.52. The van der Waals surface area contributed by atoms with Gasteiger partial charge in [0.1, 0.15) is 5.75 Å². The van der Waals surface area contributed by atoms with E-state index in [0.29, 0.717) is 11.8 Å². The molecule has 0 saturated heterocycles. The van der Waals surface area contributed by atoms with Crippen molar-refractivity contribution in [2.45, 2.75) is 20.0 Å². The van der Waals surface area contributed by atoms with Crippen LogP contribution >= 0.6 is 0 Å². The summed E-state index contributed by atoms with van der Waals surface area (Å²) in [5, 5.41) is 2.85. The van der Waals surface area contributed by atoms with Gasteiger partial charge in [0.05, 0.1) is 5.57 Å². The Morgan fingerprint density at radius 3 is 2.69 bits per heavy atom. The fourth-order valence-corrected chi connectivity index (χ4v) is 3.65. The van der Waals surface area contributed by atoms with Crippen LogP contribution in [0.4, 0.5) is 4.79 Å². The minimum absolute atomic E-state index is 0.206. The number of urea groups is 1. The molecule has 7 heteroatoms. The number of aliphatic imine (C=N–C) groups is 1. The maximum atomic E-state index is 12.1. The second-order valence-corrected chi connectivity index (χ2v) is 7.19. The molecule has 0 aliphatic carbocycles. The number of nitrogens with zero attached hydrogens (tertiary/aromatic N) is 4. The van der Waals surface area contributed by atoms with Gasteiger partial charge in [0.15, 0.2) is 6.17 Å². The lowest BCUT2D eigenvalue weighted by atomic mass is 9.91. The van der Waals surface area contributed by atoms with Crippen LogP contribution in [0.3, 0.4) is 0 Å². The zero-order valence-corrected chi connectivity index (χ0v) is 15.9. The van der Waals surface area contributed by atoms with E-state index in [2.05, 4.69) is 42.4 Å². The van der Waals surface area contributed by atoms with Crippen molar-refractivity contribution < 1.29 is 9.53 Å². The molecule has 26 heavy (non-hydrogen) atoms. The molecule has 0 aromatic heterocycles.